The van der Waals surface area contributed by atoms with Gasteiger partial charge in [-0.1, -0.05) is 12.1 Å². The van der Waals surface area contributed by atoms with Gasteiger partial charge in [0.2, 0.25) is 0 Å². The average Bonchev–Trinajstić information content (AvgIpc) is 3.03. The van der Waals surface area contributed by atoms with Crippen molar-refractivity contribution in [2.24, 2.45) is 0 Å². The van der Waals surface area contributed by atoms with Crippen molar-refractivity contribution in [3.05, 3.63) is 52.2 Å². The third-order valence-electron chi connectivity index (χ3n) is 2.89. The number of esters is 1. The summed E-state index contributed by atoms with van der Waals surface area (Å²) in [6.07, 6.45) is 0. The molecule has 0 saturated heterocycles. The minimum Gasteiger partial charge on any atom is -0.468 e. The third-order valence-corrected chi connectivity index (χ3v) is 3.48. The van der Waals surface area contributed by atoms with Gasteiger partial charge in [-0.25, -0.2) is 9.37 Å². The molecule has 0 spiro atoms. The highest BCUT2D eigenvalue weighted by Gasteiger charge is 2.22. The smallest absolute Gasteiger partial charge is 0.314 e. The summed E-state index contributed by atoms with van der Waals surface area (Å²) in [7, 11) is 1.26. The molecule has 0 aliphatic carbocycles. The number of carbonyl (C=O) groups excluding carboxylic acids is 2. The maximum absolute atomic E-state index is 12.9. The van der Waals surface area contributed by atoms with Crippen LogP contribution in [0.5, 0.6) is 0 Å². The standard InChI is InChI=1S/C14H13FN2O3S/c1-20-14(19)11(9-2-4-10(15)5-3-9)6-16-13(18)12-7-21-8-17-12/h2-5,7-8,11H,6H2,1H3,(H,16,18)/t11-/m1/s1. The average molecular weight is 308 g/mol. The summed E-state index contributed by atoms with van der Waals surface area (Å²) in [6, 6.07) is 5.50. The zero-order valence-corrected chi connectivity index (χ0v) is 12.0. The number of ether oxygens (including phenoxy) is 1. The first kappa shape index (κ1) is 15.1. The van der Waals surface area contributed by atoms with Crippen molar-refractivity contribution in [1.82, 2.24) is 10.3 Å². The van der Waals surface area contributed by atoms with Gasteiger partial charge in [0.15, 0.2) is 0 Å². The monoisotopic (exact) mass is 308 g/mol. The van der Waals surface area contributed by atoms with Crippen LogP contribution in [0.15, 0.2) is 35.2 Å². The highest BCUT2D eigenvalue weighted by atomic mass is 32.1. The first-order chi connectivity index (χ1) is 10.1. The van der Waals surface area contributed by atoms with Crippen LogP contribution in [-0.4, -0.2) is 30.5 Å². The largest absolute Gasteiger partial charge is 0.468 e. The molecule has 1 N–H and O–H groups in total. The van der Waals surface area contributed by atoms with Crippen molar-refractivity contribution in [2.75, 3.05) is 13.7 Å². The van der Waals surface area contributed by atoms with Crippen LogP contribution in [0.2, 0.25) is 0 Å². The Labute approximate surface area is 124 Å². The van der Waals surface area contributed by atoms with Crippen molar-refractivity contribution in [3.63, 3.8) is 0 Å². The van der Waals surface area contributed by atoms with Crippen LogP contribution < -0.4 is 5.32 Å². The molecule has 0 unspecified atom stereocenters. The molecule has 0 radical (unpaired) electrons. The molecule has 5 nitrogen and oxygen atoms in total. The molecule has 1 aromatic carbocycles. The normalized spacial score (nSPS) is 11.7. The Bertz CT molecular complexity index is 614. The highest BCUT2D eigenvalue weighted by molar-refractivity contribution is 7.07. The molecule has 110 valence electrons. The van der Waals surface area contributed by atoms with Crippen LogP contribution in [-0.2, 0) is 9.53 Å². The van der Waals surface area contributed by atoms with E-state index in [0.717, 1.165) is 0 Å². The molecule has 0 aliphatic rings. The van der Waals surface area contributed by atoms with Gasteiger partial charge in [0.05, 0.1) is 18.5 Å². The Kier molecular flexibility index (Phi) is 4.99. The zero-order valence-electron chi connectivity index (χ0n) is 11.2. The number of thiazole rings is 1. The number of carbonyl (C=O) groups is 2. The number of methoxy groups -OCH3 is 1. The third kappa shape index (κ3) is 3.85. The number of halogens is 1. The number of amides is 1. The topological polar surface area (TPSA) is 68.3 Å². The Morgan fingerprint density at radius 1 is 1.38 bits per heavy atom. The molecule has 21 heavy (non-hydrogen) atoms. The predicted octanol–water partition coefficient (Wildman–Crippen LogP) is 1.97. The maximum Gasteiger partial charge on any atom is 0.314 e. The molecule has 0 aliphatic heterocycles. The predicted molar refractivity (Wildman–Crippen MR) is 75.6 cm³/mol. The lowest BCUT2D eigenvalue weighted by molar-refractivity contribution is -0.142. The molecule has 0 fully saturated rings. The number of aromatic nitrogens is 1. The first-order valence-electron chi connectivity index (χ1n) is 6.11. The van der Waals surface area contributed by atoms with Gasteiger partial charge in [0.1, 0.15) is 11.5 Å². The van der Waals surface area contributed by atoms with Gasteiger partial charge < -0.3 is 10.1 Å². The van der Waals surface area contributed by atoms with E-state index in [2.05, 4.69) is 10.3 Å². The van der Waals surface area contributed by atoms with E-state index < -0.39 is 17.7 Å². The minimum absolute atomic E-state index is 0.0503. The van der Waals surface area contributed by atoms with Gasteiger partial charge in [-0.15, -0.1) is 11.3 Å². The fraction of sp³-hybridized carbons (Fsp3) is 0.214. The van der Waals surface area contributed by atoms with Crippen LogP contribution in [0.1, 0.15) is 22.0 Å². The maximum atomic E-state index is 12.9. The summed E-state index contributed by atoms with van der Waals surface area (Å²) in [5.74, 6) is -1.96. The second-order valence-corrected chi connectivity index (χ2v) is 4.93. The lowest BCUT2D eigenvalue weighted by Crippen LogP contribution is -2.32. The first-order valence-corrected chi connectivity index (χ1v) is 7.05. The Balaban J connectivity index is 2.08. The Hall–Kier alpha value is -2.28. The van der Waals surface area contributed by atoms with E-state index in [4.69, 9.17) is 4.74 Å². The van der Waals surface area contributed by atoms with Gasteiger partial charge in [0, 0.05) is 11.9 Å². The van der Waals surface area contributed by atoms with Crippen LogP contribution in [0.3, 0.4) is 0 Å². The zero-order chi connectivity index (χ0) is 15.2. The van der Waals surface area contributed by atoms with E-state index in [0.29, 0.717) is 11.3 Å². The van der Waals surface area contributed by atoms with Gasteiger partial charge in [-0.2, -0.15) is 0 Å². The number of hydrogen-bond donors (Lipinski definition) is 1. The summed E-state index contributed by atoms with van der Waals surface area (Å²) < 4.78 is 17.7. The Morgan fingerprint density at radius 2 is 2.10 bits per heavy atom. The summed E-state index contributed by atoms with van der Waals surface area (Å²) >= 11 is 1.31. The molecule has 0 saturated carbocycles. The van der Waals surface area contributed by atoms with E-state index in [-0.39, 0.29) is 12.5 Å². The summed E-state index contributed by atoms with van der Waals surface area (Å²) in [6.45, 7) is 0.0503. The Morgan fingerprint density at radius 3 is 2.67 bits per heavy atom. The molecule has 1 aromatic heterocycles. The number of hydrogen-bond acceptors (Lipinski definition) is 5. The number of rotatable bonds is 5. The lowest BCUT2D eigenvalue weighted by atomic mass is 9.99. The van der Waals surface area contributed by atoms with E-state index >= 15 is 0 Å². The van der Waals surface area contributed by atoms with E-state index in [1.807, 2.05) is 0 Å². The number of nitrogens with one attached hydrogen (secondary N) is 1. The lowest BCUT2D eigenvalue weighted by Gasteiger charge is -2.15. The molecule has 2 rings (SSSR count). The highest BCUT2D eigenvalue weighted by Crippen LogP contribution is 2.17. The number of benzene rings is 1. The van der Waals surface area contributed by atoms with Crippen molar-refractivity contribution >= 4 is 23.2 Å². The van der Waals surface area contributed by atoms with Crippen molar-refractivity contribution in [1.29, 1.82) is 0 Å². The second-order valence-electron chi connectivity index (χ2n) is 4.21. The van der Waals surface area contributed by atoms with Gasteiger partial charge in [-0.05, 0) is 17.7 Å². The van der Waals surface area contributed by atoms with Gasteiger partial charge in [0.25, 0.3) is 5.91 Å². The van der Waals surface area contributed by atoms with E-state index in [1.54, 1.807) is 10.9 Å². The fourth-order valence-electron chi connectivity index (χ4n) is 1.78. The molecule has 0 bridgehead atoms. The van der Waals surface area contributed by atoms with Crippen molar-refractivity contribution in [3.8, 4) is 0 Å². The SMILES string of the molecule is COC(=O)[C@H](CNC(=O)c1cscn1)c1ccc(F)cc1. The molecule has 2 aromatic rings. The van der Waals surface area contributed by atoms with Crippen LogP contribution in [0.4, 0.5) is 4.39 Å². The molecule has 1 amide bonds. The fourth-order valence-corrected chi connectivity index (χ4v) is 2.32. The molecule has 1 heterocycles. The van der Waals surface area contributed by atoms with Crippen molar-refractivity contribution < 1.29 is 18.7 Å². The summed E-state index contributed by atoms with van der Waals surface area (Å²) in [5.41, 5.74) is 2.41. The number of nitrogens with zero attached hydrogens (tertiary/aromatic N) is 1. The molecular weight excluding hydrogens is 295 g/mol. The van der Waals surface area contributed by atoms with Crippen LogP contribution >= 0.6 is 11.3 Å². The minimum atomic E-state index is -0.696. The molecule has 1 atom stereocenters. The summed E-state index contributed by atoms with van der Waals surface area (Å²) in [4.78, 5) is 27.5. The molecular formula is C14H13FN2O3S. The quantitative estimate of drug-likeness (QED) is 0.858. The van der Waals surface area contributed by atoms with Gasteiger partial charge in [-0.3, -0.25) is 9.59 Å². The summed E-state index contributed by atoms with van der Waals surface area (Å²) in [5, 5.41) is 4.24. The van der Waals surface area contributed by atoms with Crippen LogP contribution in [0, 0.1) is 5.82 Å². The van der Waals surface area contributed by atoms with E-state index in [9.17, 15) is 14.0 Å². The molecule has 7 heteroatoms. The van der Waals surface area contributed by atoms with Crippen molar-refractivity contribution in [2.45, 2.75) is 5.92 Å². The van der Waals surface area contributed by atoms with Crippen LogP contribution in [0.25, 0.3) is 0 Å². The second kappa shape index (κ2) is 6.94. The van der Waals surface area contributed by atoms with E-state index in [1.165, 1.54) is 42.7 Å². The van der Waals surface area contributed by atoms with Gasteiger partial charge >= 0.3 is 5.97 Å².